The molecule has 21 heavy (non-hydrogen) atoms. The molecule has 110 valence electrons. The lowest BCUT2D eigenvalue weighted by Gasteiger charge is -2.05. The first-order chi connectivity index (χ1) is 10.1. The van der Waals surface area contributed by atoms with Gasteiger partial charge in [0.25, 0.3) is 5.91 Å². The summed E-state index contributed by atoms with van der Waals surface area (Å²) in [7, 11) is 0. The normalized spacial score (nSPS) is 14.3. The highest BCUT2D eigenvalue weighted by molar-refractivity contribution is 7.14. The summed E-state index contributed by atoms with van der Waals surface area (Å²) in [5, 5.41) is 12.4. The van der Waals surface area contributed by atoms with Crippen molar-refractivity contribution in [1.82, 2.24) is 0 Å². The molecule has 1 aliphatic carbocycles. The molecule has 0 fully saturated rings. The van der Waals surface area contributed by atoms with E-state index in [1.807, 2.05) is 6.07 Å². The zero-order valence-corrected chi connectivity index (χ0v) is 13.1. The summed E-state index contributed by atoms with van der Waals surface area (Å²) < 4.78 is 0. The summed E-state index contributed by atoms with van der Waals surface area (Å²) in [6, 6.07) is 6.68. The second-order valence-corrected chi connectivity index (χ2v) is 6.78. The Bertz CT molecular complexity index is 657. The van der Waals surface area contributed by atoms with E-state index in [-0.39, 0.29) is 16.7 Å². The van der Waals surface area contributed by atoms with Gasteiger partial charge in [0.2, 0.25) is 0 Å². The number of phenolic OH excluding ortho intramolecular Hbond substituents is 1. The topological polar surface area (TPSA) is 49.3 Å². The van der Waals surface area contributed by atoms with E-state index in [2.05, 4.69) is 5.32 Å². The van der Waals surface area contributed by atoms with E-state index < -0.39 is 0 Å². The van der Waals surface area contributed by atoms with E-state index in [9.17, 15) is 9.90 Å². The van der Waals surface area contributed by atoms with Gasteiger partial charge in [-0.05, 0) is 55.5 Å². The molecule has 0 atom stereocenters. The number of carbonyl (C=O) groups is 1. The molecule has 0 spiro atoms. The molecule has 0 unspecified atom stereocenters. The van der Waals surface area contributed by atoms with Crippen LogP contribution in [0, 0.1) is 0 Å². The molecule has 3 rings (SSSR count). The van der Waals surface area contributed by atoms with Crippen molar-refractivity contribution in [2.24, 2.45) is 0 Å². The van der Waals surface area contributed by atoms with E-state index in [4.69, 9.17) is 11.6 Å². The van der Waals surface area contributed by atoms with Crippen molar-refractivity contribution in [3.05, 3.63) is 44.6 Å². The van der Waals surface area contributed by atoms with Gasteiger partial charge in [0.1, 0.15) is 5.75 Å². The largest absolute Gasteiger partial charge is 0.506 e. The van der Waals surface area contributed by atoms with Crippen LogP contribution in [0.3, 0.4) is 0 Å². The number of rotatable bonds is 2. The van der Waals surface area contributed by atoms with E-state index in [1.54, 1.807) is 23.5 Å². The van der Waals surface area contributed by atoms with Gasteiger partial charge in [-0.3, -0.25) is 4.79 Å². The van der Waals surface area contributed by atoms with Crippen LogP contribution >= 0.6 is 22.9 Å². The minimum atomic E-state index is -0.116. The van der Waals surface area contributed by atoms with E-state index in [1.165, 1.54) is 35.8 Å². The SMILES string of the molecule is O=C(Nc1ccc(O)c(Cl)c1)c1cc2c(s1)CCCCC2. The molecule has 0 saturated heterocycles. The quantitative estimate of drug-likeness (QED) is 0.626. The van der Waals surface area contributed by atoms with Crippen LogP contribution in [-0.4, -0.2) is 11.0 Å². The van der Waals surface area contributed by atoms with Gasteiger partial charge in [0.15, 0.2) is 0 Å². The highest BCUT2D eigenvalue weighted by atomic mass is 35.5. The Morgan fingerprint density at radius 1 is 1.19 bits per heavy atom. The fourth-order valence-electron chi connectivity index (χ4n) is 2.56. The molecule has 0 saturated carbocycles. The highest BCUT2D eigenvalue weighted by Gasteiger charge is 2.16. The Morgan fingerprint density at radius 3 is 2.81 bits per heavy atom. The number of carbonyl (C=O) groups excluding carboxylic acids is 1. The number of halogens is 1. The van der Waals surface area contributed by atoms with Crippen molar-refractivity contribution < 1.29 is 9.90 Å². The maximum Gasteiger partial charge on any atom is 0.265 e. The third kappa shape index (κ3) is 3.22. The van der Waals surface area contributed by atoms with Crippen LogP contribution in [0.1, 0.15) is 39.4 Å². The number of aryl methyl sites for hydroxylation is 2. The summed E-state index contributed by atoms with van der Waals surface area (Å²) in [4.78, 5) is 14.4. The lowest BCUT2D eigenvalue weighted by molar-refractivity contribution is 0.103. The van der Waals surface area contributed by atoms with Crippen molar-refractivity contribution in [3.63, 3.8) is 0 Å². The van der Waals surface area contributed by atoms with Crippen LogP contribution in [0.5, 0.6) is 5.75 Å². The standard InChI is InChI=1S/C16H16ClNO2S/c17-12-9-11(6-7-13(12)19)18-16(20)15-8-10-4-2-1-3-5-14(10)21-15/h6-9,19H,1-5H2,(H,18,20). The van der Waals surface area contributed by atoms with Gasteiger partial charge in [0, 0.05) is 10.6 Å². The number of aromatic hydroxyl groups is 1. The number of anilines is 1. The van der Waals surface area contributed by atoms with Crippen LogP contribution in [0.15, 0.2) is 24.3 Å². The summed E-state index contributed by atoms with van der Waals surface area (Å²) in [6.45, 7) is 0. The first-order valence-electron chi connectivity index (χ1n) is 7.05. The van der Waals surface area contributed by atoms with Gasteiger partial charge < -0.3 is 10.4 Å². The summed E-state index contributed by atoms with van der Waals surface area (Å²) in [5.74, 6) is -0.104. The van der Waals surface area contributed by atoms with Crippen molar-refractivity contribution in [3.8, 4) is 5.75 Å². The fourth-order valence-corrected chi connectivity index (χ4v) is 3.89. The zero-order chi connectivity index (χ0) is 14.8. The molecule has 1 aromatic carbocycles. The molecular weight excluding hydrogens is 306 g/mol. The van der Waals surface area contributed by atoms with Gasteiger partial charge in [-0.15, -0.1) is 11.3 Å². The van der Waals surface area contributed by atoms with E-state index >= 15 is 0 Å². The van der Waals surface area contributed by atoms with Crippen LogP contribution in [0.2, 0.25) is 5.02 Å². The summed E-state index contributed by atoms with van der Waals surface area (Å²) in [6.07, 6.45) is 5.85. The minimum Gasteiger partial charge on any atom is -0.506 e. The highest BCUT2D eigenvalue weighted by Crippen LogP contribution is 2.30. The average Bonchev–Trinajstić information content (AvgIpc) is 2.74. The van der Waals surface area contributed by atoms with E-state index in [0.29, 0.717) is 5.69 Å². The van der Waals surface area contributed by atoms with Gasteiger partial charge in [-0.2, -0.15) is 0 Å². The lowest BCUT2D eigenvalue weighted by atomic mass is 10.1. The number of hydrogen-bond acceptors (Lipinski definition) is 3. The first kappa shape index (κ1) is 14.4. The van der Waals surface area contributed by atoms with Gasteiger partial charge >= 0.3 is 0 Å². The number of phenols is 1. The fraction of sp³-hybridized carbons (Fsp3) is 0.312. The van der Waals surface area contributed by atoms with Crippen molar-refractivity contribution in [1.29, 1.82) is 0 Å². The Kier molecular flexibility index (Phi) is 4.17. The predicted octanol–water partition coefficient (Wildman–Crippen LogP) is 4.63. The molecule has 5 heteroatoms. The number of amides is 1. The Labute approximate surface area is 132 Å². The molecule has 0 aliphatic heterocycles. The molecule has 1 heterocycles. The van der Waals surface area contributed by atoms with Crippen LogP contribution in [0.4, 0.5) is 5.69 Å². The average molecular weight is 322 g/mol. The molecule has 0 radical (unpaired) electrons. The molecule has 2 aromatic rings. The molecule has 1 aliphatic rings. The van der Waals surface area contributed by atoms with Crippen LogP contribution in [-0.2, 0) is 12.8 Å². The summed E-state index contributed by atoms with van der Waals surface area (Å²) in [5.41, 5.74) is 1.91. The van der Waals surface area contributed by atoms with Crippen molar-refractivity contribution in [2.75, 3.05) is 5.32 Å². The lowest BCUT2D eigenvalue weighted by Crippen LogP contribution is -2.10. The van der Waals surface area contributed by atoms with Gasteiger partial charge in [0.05, 0.1) is 9.90 Å². The van der Waals surface area contributed by atoms with Gasteiger partial charge in [-0.1, -0.05) is 18.0 Å². The van der Waals surface area contributed by atoms with E-state index in [0.717, 1.165) is 17.7 Å². The van der Waals surface area contributed by atoms with Crippen molar-refractivity contribution in [2.45, 2.75) is 32.1 Å². The minimum absolute atomic E-state index is 0.0116. The second kappa shape index (κ2) is 6.08. The maximum atomic E-state index is 12.3. The molecular formula is C16H16ClNO2S. The van der Waals surface area contributed by atoms with Crippen molar-refractivity contribution >= 4 is 34.5 Å². The smallest absolute Gasteiger partial charge is 0.265 e. The number of benzene rings is 1. The Morgan fingerprint density at radius 2 is 2.00 bits per heavy atom. The number of fused-ring (bicyclic) bond motifs is 1. The van der Waals surface area contributed by atoms with Crippen LogP contribution < -0.4 is 5.32 Å². The summed E-state index contributed by atoms with van der Waals surface area (Å²) >= 11 is 7.43. The molecule has 1 aromatic heterocycles. The molecule has 0 bridgehead atoms. The third-order valence-electron chi connectivity index (χ3n) is 3.68. The first-order valence-corrected chi connectivity index (χ1v) is 8.24. The Hall–Kier alpha value is -1.52. The maximum absolute atomic E-state index is 12.3. The monoisotopic (exact) mass is 321 g/mol. The Balaban J connectivity index is 1.77. The molecule has 2 N–H and O–H groups in total. The number of nitrogens with one attached hydrogen (secondary N) is 1. The zero-order valence-electron chi connectivity index (χ0n) is 11.5. The number of thiophene rings is 1. The third-order valence-corrected chi connectivity index (χ3v) is 5.21. The van der Waals surface area contributed by atoms with Gasteiger partial charge in [-0.25, -0.2) is 0 Å². The molecule has 1 amide bonds. The predicted molar refractivity (Wildman–Crippen MR) is 86.6 cm³/mol. The number of hydrogen-bond donors (Lipinski definition) is 2. The molecule has 3 nitrogen and oxygen atoms in total. The van der Waals surface area contributed by atoms with Crippen LogP contribution in [0.25, 0.3) is 0 Å². The second-order valence-electron chi connectivity index (χ2n) is 5.24.